The molecular formula is C12H18N2O3. The first-order valence-corrected chi connectivity index (χ1v) is 5.77. The summed E-state index contributed by atoms with van der Waals surface area (Å²) >= 11 is 0. The number of aromatic nitrogens is 1. The summed E-state index contributed by atoms with van der Waals surface area (Å²) < 4.78 is 0. The number of aromatic carboxylic acids is 1. The van der Waals surface area contributed by atoms with Crippen molar-refractivity contribution in [2.24, 2.45) is 0 Å². The first-order chi connectivity index (χ1) is 8.25. The van der Waals surface area contributed by atoms with Crippen LogP contribution in [0.25, 0.3) is 0 Å². The average Bonchev–Trinajstić information content (AvgIpc) is 2.34. The van der Waals surface area contributed by atoms with E-state index in [1.165, 1.54) is 6.20 Å². The number of aliphatic hydroxyl groups excluding tert-OH is 1. The highest BCUT2D eigenvalue weighted by Gasteiger charge is 2.08. The SMILES string of the molecule is O=C(O)c1cnccc1NCCCCCCO. The molecule has 0 aliphatic heterocycles. The highest BCUT2D eigenvalue weighted by molar-refractivity contribution is 5.93. The molecule has 0 saturated heterocycles. The van der Waals surface area contributed by atoms with E-state index in [9.17, 15) is 4.79 Å². The predicted molar refractivity (Wildman–Crippen MR) is 65.2 cm³/mol. The van der Waals surface area contributed by atoms with Crippen LogP contribution in [0.5, 0.6) is 0 Å². The van der Waals surface area contributed by atoms with Gasteiger partial charge in [0.2, 0.25) is 0 Å². The number of anilines is 1. The highest BCUT2D eigenvalue weighted by atomic mass is 16.4. The van der Waals surface area contributed by atoms with E-state index in [1.807, 2.05) is 0 Å². The summed E-state index contributed by atoms with van der Waals surface area (Å²) in [7, 11) is 0. The lowest BCUT2D eigenvalue weighted by Gasteiger charge is -2.08. The van der Waals surface area contributed by atoms with Gasteiger partial charge in [0.1, 0.15) is 5.56 Å². The molecule has 0 bridgehead atoms. The molecule has 0 radical (unpaired) electrons. The molecule has 1 heterocycles. The van der Waals surface area contributed by atoms with Gasteiger partial charge < -0.3 is 15.5 Å². The van der Waals surface area contributed by atoms with Crippen molar-refractivity contribution < 1.29 is 15.0 Å². The van der Waals surface area contributed by atoms with Crippen LogP contribution in [-0.4, -0.2) is 34.3 Å². The fourth-order valence-electron chi connectivity index (χ4n) is 1.53. The molecule has 0 atom stereocenters. The molecule has 0 aliphatic carbocycles. The van der Waals surface area contributed by atoms with Crippen molar-refractivity contribution in [1.82, 2.24) is 4.98 Å². The van der Waals surface area contributed by atoms with Gasteiger partial charge in [0.15, 0.2) is 0 Å². The van der Waals surface area contributed by atoms with E-state index in [2.05, 4.69) is 10.3 Å². The molecule has 0 amide bonds. The van der Waals surface area contributed by atoms with Gasteiger partial charge in [0.05, 0.1) is 5.69 Å². The maximum Gasteiger partial charge on any atom is 0.339 e. The van der Waals surface area contributed by atoms with Crippen molar-refractivity contribution in [2.45, 2.75) is 25.7 Å². The molecule has 0 fully saturated rings. The van der Waals surface area contributed by atoms with Gasteiger partial charge in [0, 0.05) is 25.5 Å². The van der Waals surface area contributed by atoms with Crippen LogP contribution in [0.3, 0.4) is 0 Å². The Balaban J connectivity index is 2.34. The third-order valence-corrected chi connectivity index (χ3v) is 2.45. The third-order valence-electron chi connectivity index (χ3n) is 2.45. The quantitative estimate of drug-likeness (QED) is 0.601. The Morgan fingerprint density at radius 2 is 2.06 bits per heavy atom. The largest absolute Gasteiger partial charge is 0.478 e. The van der Waals surface area contributed by atoms with Gasteiger partial charge in [-0.05, 0) is 18.9 Å². The summed E-state index contributed by atoms with van der Waals surface area (Å²) in [6.45, 7) is 0.969. The standard InChI is InChI=1S/C12H18N2O3/c15-8-4-2-1-3-6-14-11-5-7-13-9-10(11)12(16)17/h5,7,9,15H,1-4,6,8H2,(H,13,14)(H,16,17). The number of carboxylic acid groups (broad SMARTS) is 1. The normalized spacial score (nSPS) is 10.2. The third kappa shape index (κ3) is 4.82. The Labute approximate surface area is 101 Å². The number of pyridine rings is 1. The number of hydrogen-bond donors (Lipinski definition) is 3. The van der Waals surface area contributed by atoms with Crippen LogP contribution in [0.1, 0.15) is 36.0 Å². The van der Waals surface area contributed by atoms with Gasteiger partial charge in [-0.1, -0.05) is 12.8 Å². The fourth-order valence-corrected chi connectivity index (χ4v) is 1.53. The van der Waals surface area contributed by atoms with Crippen molar-refractivity contribution in [1.29, 1.82) is 0 Å². The minimum absolute atomic E-state index is 0.197. The van der Waals surface area contributed by atoms with Gasteiger partial charge in [-0.3, -0.25) is 4.98 Å². The lowest BCUT2D eigenvalue weighted by Crippen LogP contribution is -2.08. The molecule has 1 aromatic rings. The van der Waals surface area contributed by atoms with Crippen LogP contribution < -0.4 is 5.32 Å². The smallest absolute Gasteiger partial charge is 0.339 e. The summed E-state index contributed by atoms with van der Waals surface area (Å²) in [5, 5.41) is 20.6. The zero-order valence-electron chi connectivity index (χ0n) is 9.72. The van der Waals surface area contributed by atoms with Crippen LogP contribution in [0.2, 0.25) is 0 Å². The molecule has 1 rings (SSSR count). The maximum absolute atomic E-state index is 10.9. The number of unbranched alkanes of at least 4 members (excludes halogenated alkanes) is 3. The summed E-state index contributed by atoms with van der Waals surface area (Å²) in [4.78, 5) is 14.7. The van der Waals surface area contributed by atoms with Gasteiger partial charge in [-0.2, -0.15) is 0 Å². The topological polar surface area (TPSA) is 82.5 Å². The van der Waals surface area contributed by atoms with E-state index in [4.69, 9.17) is 10.2 Å². The van der Waals surface area contributed by atoms with Crippen molar-refractivity contribution in [3.63, 3.8) is 0 Å². The van der Waals surface area contributed by atoms with Crippen molar-refractivity contribution in [3.05, 3.63) is 24.0 Å². The molecule has 3 N–H and O–H groups in total. The van der Waals surface area contributed by atoms with Crippen LogP contribution >= 0.6 is 0 Å². The number of carbonyl (C=O) groups is 1. The Morgan fingerprint density at radius 3 is 2.76 bits per heavy atom. The molecule has 0 aromatic carbocycles. The molecule has 0 saturated carbocycles. The molecule has 5 heteroatoms. The molecule has 0 aliphatic rings. The number of aliphatic hydroxyl groups is 1. The second kappa shape index (κ2) is 7.62. The van der Waals surface area contributed by atoms with Crippen LogP contribution in [-0.2, 0) is 0 Å². The Hall–Kier alpha value is -1.62. The van der Waals surface area contributed by atoms with E-state index >= 15 is 0 Å². The minimum atomic E-state index is -0.971. The zero-order chi connectivity index (χ0) is 12.5. The van der Waals surface area contributed by atoms with E-state index in [-0.39, 0.29) is 12.2 Å². The lowest BCUT2D eigenvalue weighted by atomic mass is 10.2. The average molecular weight is 238 g/mol. The summed E-state index contributed by atoms with van der Waals surface area (Å²) in [5.41, 5.74) is 0.803. The number of hydrogen-bond acceptors (Lipinski definition) is 4. The molecule has 0 spiro atoms. The maximum atomic E-state index is 10.9. The molecule has 0 unspecified atom stereocenters. The van der Waals surface area contributed by atoms with E-state index in [0.29, 0.717) is 5.69 Å². The summed E-state index contributed by atoms with van der Waals surface area (Å²) in [6.07, 6.45) is 6.73. The van der Waals surface area contributed by atoms with Crippen LogP contribution in [0, 0.1) is 0 Å². The predicted octanol–water partition coefficient (Wildman–Crippen LogP) is 1.74. The number of carboxylic acids is 1. The van der Waals surface area contributed by atoms with Gasteiger partial charge in [-0.15, -0.1) is 0 Å². The number of nitrogens with zero attached hydrogens (tertiary/aromatic N) is 1. The Kier molecular flexibility index (Phi) is 6.03. The zero-order valence-corrected chi connectivity index (χ0v) is 9.72. The second-order valence-electron chi connectivity index (χ2n) is 3.79. The fraction of sp³-hybridized carbons (Fsp3) is 0.500. The molecule has 17 heavy (non-hydrogen) atoms. The van der Waals surface area contributed by atoms with Crippen LogP contribution in [0.15, 0.2) is 18.5 Å². The van der Waals surface area contributed by atoms with Gasteiger partial charge in [-0.25, -0.2) is 4.79 Å². The van der Waals surface area contributed by atoms with Crippen LogP contribution in [0.4, 0.5) is 5.69 Å². The van der Waals surface area contributed by atoms with Gasteiger partial charge in [0.25, 0.3) is 0 Å². The Morgan fingerprint density at radius 1 is 1.29 bits per heavy atom. The second-order valence-corrected chi connectivity index (χ2v) is 3.79. The number of rotatable bonds is 8. The Bertz CT molecular complexity index is 355. The van der Waals surface area contributed by atoms with Crippen molar-refractivity contribution in [3.8, 4) is 0 Å². The van der Waals surface area contributed by atoms with Crippen molar-refractivity contribution >= 4 is 11.7 Å². The lowest BCUT2D eigenvalue weighted by molar-refractivity contribution is 0.0697. The summed E-state index contributed by atoms with van der Waals surface area (Å²) in [5.74, 6) is -0.971. The first-order valence-electron chi connectivity index (χ1n) is 5.77. The summed E-state index contributed by atoms with van der Waals surface area (Å²) in [6, 6.07) is 1.66. The van der Waals surface area contributed by atoms with Crippen molar-refractivity contribution in [2.75, 3.05) is 18.5 Å². The first kappa shape index (κ1) is 13.4. The monoisotopic (exact) mass is 238 g/mol. The highest BCUT2D eigenvalue weighted by Crippen LogP contribution is 2.13. The van der Waals surface area contributed by atoms with E-state index in [1.54, 1.807) is 12.3 Å². The molecule has 94 valence electrons. The minimum Gasteiger partial charge on any atom is -0.478 e. The number of nitrogens with one attached hydrogen (secondary N) is 1. The molecule has 5 nitrogen and oxygen atoms in total. The van der Waals surface area contributed by atoms with E-state index in [0.717, 1.165) is 32.2 Å². The van der Waals surface area contributed by atoms with E-state index < -0.39 is 5.97 Å². The molecular weight excluding hydrogens is 220 g/mol. The van der Waals surface area contributed by atoms with Gasteiger partial charge >= 0.3 is 5.97 Å². The molecule has 1 aromatic heterocycles.